The van der Waals surface area contributed by atoms with Crippen molar-refractivity contribution in [3.8, 4) is 0 Å². The average Bonchev–Trinajstić information content (AvgIpc) is 2.41. The number of halogens is 1. The lowest BCUT2D eigenvalue weighted by Crippen LogP contribution is -2.05. The number of rotatable bonds is 5. The van der Waals surface area contributed by atoms with Crippen LogP contribution in [-0.4, -0.2) is 5.38 Å². The molecule has 19 heavy (non-hydrogen) atoms. The minimum Gasteiger partial charge on any atom is -0.123 e. The van der Waals surface area contributed by atoms with Gasteiger partial charge in [0.1, 0.15) is 0 Å². The highest BCUT2D eigenvalue weighted by molar-refractivity contribution is 6.20. The second-order valence-corrected chi connectivity index (χ2v) is 5.93. The zero-order valence-corrected chi connectivity index (χ0v) is 12.5. The first kappa shape index (κ1) is 14.1. The van der Waals surface area contributed by atoms with Crippen LogP contribution in [0.5, 0.6) is 0 Å². The smallest absolute Gasteiger partial charge is 0.0379 e. The molecule has 0 amide bonds. The SMILES string of the molecule is Cc1ccc(CCC(Cl)Cc2ccc(C)cc2)cc1. The molecule has 0 bridgehead atoms. The van der Waals surface area contributed by atoms with Gasteiger partial charge in [0.15, 0.2) is 0 Å². The van der Waals surface area contributed by atoms with Crippen LogP contribution in [0.15, 0.2) is 48.5 Å². The molecule has 0 radical (unpaired) electrons. The van der Waals surface area contributed by atoms with E-state index in [9.17, 15) is 0 Å². The molecule has 0 heterocycles. The van der Waals surface area contributed by atoms with E-state index < -0.39 is 0 Å². The van der Waals surface area contributed by atoms with Gasteiger partial charge in [0.2, 0.25) is 0 Å². The van der Waals surface area contributed by atoms with Crippen molar-refractivity contribution in [3.05, 3.63) is 70.8 Å². The molecule has 0 aliphatic rings. The molecule has 1 atom stereocenters. The summed E-state index contributed by atoms with van der Waals surface area (Å²) in [4.78, 5) is 0. The number of alkyl halides is 1. The van der Waals surface area contributed by atoms with Gasteiger partial charge in [-0.1, -0.05) is 59.7 Å². The third-order valence-electron chi connectivity index (χ3n) is 3.44. The first-order valence-electron chi connectivity index (χ1n) is 6.88. The third kappa shape index (κ3) is 4.72. The van der Waals surface area contributed by atoms with Crippen molar-refractivity contribution in [1.82, 2.24) is 0 Å². The van der Waals surface area contributed by atoms with Crippen LogP contribution >= 0.6 is 11.6 Å². The predicted octanol–water partition coefficient (Wildman–Crippen LogP) is 5.09. The van der Waals surface area contributed by atoms with Crippen LogP contribution in [0.3, 0.4) is 0 Å². The molecule has 2 aromatic rings. The molecule has 0 nitrogen and oxygen atoms in total. The summed E-state index contributed by atoms with van der Waals surface area (Å²) in [5.74, 6) is 0. The number of hydrogen-bond donors (Lipinski definition) is 0. The van der Waals surface area contributed by atoms with E-state index in [1.807, 2.05) is 0 Å². The average molecular weight is 273 g/mol. The first-order valence-corrected chi connectivity index (χ1v) is 7.32. The summed E-state index contributed by atoms with van der Waals surface area (Å²) in [5, 5.41) is 0.212. The number of hydrogen-bond acceptors (Lipinski definition) is 0. The Hall–Kier alpha value is -1.27. The maximum Gasteiger partial charge on any atom is 0.0379 e. The largest absolute Gasteiger partial charge is 0.123 e. The van der Waals surface area contributed by atoms with Crippen LogP contribution in [0.25, 0.3) is 0 Å². The van der Waals surface area contributed by atoms with Gasteiger partial charge in [0.25, 0.3) is 0 Å². The Morgan fingerprint density at radius 3 is 1.79 bits per heavy atom. The molecule has 0 aliphatic heterocycles. The van der Waals surface area contributed by atoms with Crippen LogP contribution in [0.4, 0.5) is 0 Å². The summed E-state index contributed by atoms with van der Waals surface area (Å²) in [6.07, 6.45) is 3.03. The molecule has 0 saturated carbocycles. The summed E-state index contributed by atoms with van der Waals surface area (Å²) >= 11 is 6.44. The first-order chi connectivity index (χ1) is 9.13. The Labute approximate surface area is 121 Å². The van der Waals surface area contributed by atoms with Crippen molar-refractivity contribution in [2.45, 2.75) is 38.5 Å². The van der Waals surface area contributed by atoms with Crippen molar-refractivity contribution in [2.75, 3.05) is 0 Å². The fourth-order valence-electron chi connectivity index (χ4n) is 2.16. The molecular formula is C18H21Cl. The highest BCUT2D eigenvalue weighted by Crippen LogP contribution is 2.15. The van der Waals surface area contributed by atoms with Crippen LogP contribution in [0.1, 0.15) is 28.7 Å². The third-order valence-corrected chi connectivity index (χ3v) is 3.82. The molecule has 1 heteroatoms. The molecule has 2 aromatic carbocycles. The van der Waals surface area contributed by atoms with E-state index in [4.69, 9.17) is 11.6 Å². The number of aryl methyl sites for hydroxylation is 3. The fourth-order valence-corrected chi connectivity index (χ4v) is 2.45. The van der Waals surface area contributed by atoms with Gasteiger partial charge in [-0.2, -0.15) is 0 Å². The molecule has 0 aliphatic carbocycles. The van der Waals surface area contributed by atoms with E-state index in [1.165, 1.54) is 22.3 Å². The highest BCUT2D eigenvalue weighted by atomic mass is 35.5. The van der Waals surface area contributed by atoms with Crippen LogP contribution in [0.2, 0.25) is 0 Å². The van der Waals surface area contributed by atoms with E-state index >= 15 is 0 Å². The Kier molecular flexibility index (Phi) is 5.04. The Morgan fingerprint density at radius 1 is 0.789 bits per heavy atom. The molecule has 2 rings (SSSR count). The van der Waals surface area contributed by atoms with E-state index in [0.29, 0.717) is 0 Å². The Bertz CT molecular complexity index is 496. The second kappa shape index (κ2) is 6.77. The van der Waals surface area contributed by atoms with E-state index in [0.717, 1.165) is 19.3 Å². The van der Waals surface area contributed by atoms with Gasteiger partial charge in [-0.15, -0.1) is 11.6 Å². The van der Waals surface area contributed by atoms with Gasteiger partial charge < -0.3 is 0 Å². The van der Waals surface area contributed by atoms with Gasteiger partial charge in [-0.05, 0) is 44.2 Å². The minimum atomic E-state index is 0.212. The normalized spacial score (nSPS) is 12.4. The summed E-state index contributed by atoms with van der Waals surface area (Å²) in [6, 6.07) is 17.4. The topological polar surface area (TPSA) is 0 Å². The van der Waals surface area contributed by atoms with Gasteiger partial charge in [-0.25, -0.2) is 0 Å². The van der Waals surface area contributed by atoms with Crippen molar-refractivity contribution in [2.24, 2.45) is 0 Å². The molecular weight excluding hydrogens is 252 g/mol. The molecule has 0 saturated heterocycles. The Morgan fingerprint density at radius 2 is 1.26 bits per heavy atom. The summed E-state index contributed by atoms with van der Waals surface area (Å²) in [5.41, 5.74) is 5.31. The zero-order valence-electron chi connectivity index (χ0n) is 11.7. The lowest BCUT2D eigenvalue weighted by atomic mass is 10.0. The lowest BCUT2D eigenvalue weighted by molar-refractivity contribution is 0.743. The molecule has 0 spiro atoms. The van der Waals surface area contributed by atoms with Crippen LogP contribution in [0, 0.1) is 13.8 Å². The minimum absolute atomic E-state index is 0.212. The van der Waals surface area contributed by atoms with Gasteiger partial charge in [0.05, 0.1) is 0 Å². The van der Waals surface area contributed by atoms with Crippen LogP contribution < -0.4 is 0 Å². The standard InChI is InChI=1S/C18H21Cl/c1-14-3-7-16(8-4-14)11-12-18(19)13-17-9-5-15(2)6-10-17/h3-10,18H,11-13H2,1-2H3. The van der Waals surface area contributed by atoms with E-state index in [-0.39, 0.29) is 5.38 Å². The highest BCUT2D eigenvalue weighted by Gasteiger charge is 2.06. The van der Waals surface area contributed by atoms with E-state index in [1.54, 1.807) is 0 Å². The lowest BCUT2D eigenvalue weighted by Gasteiger charge is -2.10. The van der Waals surface area contributed by atoms with Gasteiger partial charge in [-0.3, -0.25) is 0 Å². The van der Waals surface area contributed by atoms with Crippen LogP contribution in [-0.2, 0) is 12.8 Å². The maximum absolute atomic E-state index is 6.44. The second-order valence-electron chi connectivity index (χ2n) is 5.31. The Balaban J connectivity index is 1.82. The number of benzene rings is 2. The van der Waals surface area contributed by atoms with Gasteiger partial charge >= 0.3 is 0 Å². The molecule has 0 aromatic heterocycles. The molecule has 1 unspecified atom stereocenters. The predicted molar refractivity (Wildman–Crippen MR) is 84.0 cm³/mol. The zero-order chi connectivity index (χ0) is 13.7. The van der Waals surface area contributed by atoms with E-state index in [2.05, 4.69) is 62.4 Å². The monoisotopic (exact) mass is 272 g/mol. The fraction of sp³-hybridized carbons (Fsp3) is 0.333. The molecule has 0 N–H and O–H groups in total. The molecule has 100 valence electrons. The maximum atomic E-state index is 6.44. The van der Waals surface area contributed by atoms with Crippen molar-refractivity contribution < 1.29 is 0 Å². The van der Waals surface area contributed by atoms with Crippen molar-refractivity contribution in [1.29, 1.82) is 0 Å². The van der Waals surface area contributed by atoms with Crippen molar-refractivity contribution >= 4 is 11.6 Å². The summed E-state index contributed by atoms with van der Waals surface area (Å²) in [6.45, 7) is 4.23. The van der Waals surface area contributed by atoms with Crippen molar-refractivity contribution in [3.63, 3.8) is 0 Å². The van der Waals surface area contributed by atoms with Gasteiger partial charge in [0, 0.05) is 5.38 Å². The quantitative estimate of drug-likeness (QED) is 0.666. The molecule has 0 fully saturated rings. The summed E-state index contributed by atoms with van der Waals surface area (Å²) in [7, 11) is 0. The summed E-state index contributed by atoms with van der Waals surface area (Å²) < 4.78 is 0.